The van der Waals surface area contributed by atoms with E-state index >= 15 is 0 Å². The molecule has 2 rings (SSSR count). The van der Waals surface area contributed by atoms with Gasteiger partial charge in [0, 0.05) is 0 Å². The van der Waals surface area contributed by atoms with E-state index in [2.05, 4.69) is 10.1 Å². The van der Waals surface area contributed by atoms with Crippen LogP contribution in [0.5, 0.6) is 0 Å². The number of oxazole rings is 1. The predicted octanol–water partition coefficient (Wildman–Crippen LogP) is 1.35. The largest absolute Gasteiger partial charge is 0.462 e. The fourth-order valence-corrected chi connectivity index (χ4v) is 1.19. The number of carbonyl (C=O) groups is 1. The van der Waals surface area contributed by atoms with Gasteiger partial charge in [-0.3, -0.25) is 0 Å². The number of rotatable bonds is 3. The molecule has 0 unspecified atom stereocenters. The molecule has 0 aliphatic heterocycles. The SMILES string of the molecule is CCOC(=O)c1cnn(-c2nc(C)co2)c1. The highest BCUT2D eigenvalue weighted by Crippen LogP contribution is 2.08. The van der Waals surface area contributed by atoms with Gasteiger partial charge >= 0.3 is 12.0 Å². The molecule has 0 radical (unpaired) electrons. The van der Waals surface area contributed by atoms with Crippen LogP contribution in [0.25, 0.3) is 6.01 Å². The maximum Gasteiger partial charge on any atom is 0.341 e. The molecule has 0 saturated heterocycles. The molecule has 0 N–H and O–H groups in total. The summed E-state index contributed by atoms with van der Waals surface area (Å²) in [5.74, 6) is -0.406. The highest BCUT2D eigenvalue weighted by Gasteiger charge is 2.12. The molecule has 2 heterocycles. The minimum absolute atomic E-state index is 0.327. The van der Waals surface area contributed by atoms with Crippen molar-refractivity contribution < 1.29 is 13.9 Å². The Kier molecular flexibility index (Phi) is 2.72. The van der Waals surface area contributed by atoms with E-state index in [0.717, 1.165) is 5.69 Å². The Morgan fingerprint density at radius 2 is 2.44 bits per heavy atom. The van der Waals surface area contributed by atoms with Crippen LogP contribution in [-0.4, -0.2) is 27.3 Å². The summed E-state index contributed by atoms with van der Waals surface area (Å²) in [5.41, 5.74) is 1.13. The molecule has 6 heteroatoms. The van der Waals surface area contributed by atoms with Crippen molar-refractivity contribution >= 4 is 5.97 Å². The van der Waals surface area contributed by atoms with Gasteiger partial charge in [-0.15, -0.1) is 0 Å². The van der Waals surface area contributed by atoms with Gasteiger partial charge in [0.25, 0.3) is 0 Å². The summed E-state index contributed by atoms with van der Waals surface area (Å²) >= 11 is 0. The molecule has 0 saturated carbocycles. The third kappa shape index (κ3) is 1.95. The summed E-state index contributed by atoms with van der Waals surface area (Å²) in [7, 11) is 0. The molecule has 0 fully saturated rings. The zero-order chi connectivity index (χ0) is 11.5. The maximum atomic E-state index is 11.4. The van der Waals surface area contributed by atoms with Crippen molar-refractivity contribution in [2.24, 2.45) is 0 Å². The van der Waals surface area contributed by atoms with Crippen LogP contribution >= 0.6 is 0 Å². The van der Waals surface area contributed by atoms with E-state index < -0.39 is 5.97 Å². The van der Waals surface area contributed by atoms with Crippen LogP contribution in [0.4, 0.5) is 0 Å². The van der Waals surface area contributed by atoms with Gasteiger partial charge in [0.05, 0.1) is 30.3 Å². The fourth-order valence-electron chi connectivity index (χ4n) is 1.19. The van der Waals surface area contributed by atoms with Crippen molar-refractivity contribution in [3.05, 3.63) is 29.9 Å². The Bertz CT molecular complexity index is 501. The molecule has 0 aliphatic rings. The summed E-state index contributed by atoms with van der Waals surface area (Å²) < 4.78 is 11.4. The highest BCUT2D eigenvalue weighted by molar-refractivity contribution is 5.88. The van der Waals surface area contributed by atoms with Gasteiger partial charge in [-0.1, -0.05) is 0 Å². The summed E-state index contributed by atoms with van der Waals surface area (Å²) in [6.07, 6.45) is 4.45. The van der Waals surface area contributed by atoms with Gasteiger partial charge < -0.3 is 9.15 Å². The summed E-state index contributed by atoms with van der Waals surface area (Å²) in [4.78, 5) is 15.4. The Morgan fingerprint density at radius 3 is 3.06 bits per heavy atom. The number of ether oxygens (including phenoxy) is 1. The molecule has 16 heavy (non-hydrogen) atoms. The molecule has 6 nitrogen and oxygen atoms in total. The second-order valence-corrected chi connectivity index (χ2v) is 3.17. The van der Waals surface area contributed by atoms with Crippen molar-refractivity contribution in [1.82, 2.24) is 14.8 Å². The highest BCUT2D eigenvalue weighted by atomic mass is 16.5. The Balaban J connectivity index is 2.22. The zero-order valence-corrected chi connectivity index (χ0v) is 9.01. The first-order valence-corrected chi connectivity index (χ1v) is 4.85. The molecule has 0 aliphatic carbocycles. The van der Waals surface area contributed by atoms with Crippen molar-refractivity contribution in [2.45, 2.75) is 13.8 Å². The average molecular weight is 221 g/mol. The van der Waals surface area contributed by atoms with Gasteiger partial charge in [0.2, 0.25) is 0 Å². The van der Waals surface area contributed by atoms with Crippen LogP contribution in [0.2, 0.25) is 0 Å². The van der Waals surface area contributed by atoms with Crippen molar-refractivity contribution in [1.29, 1.82) is 0 Å². The molecular weight excluding hydrogens is 210 g/mol. The van der Waals surface area contributed by atoms with E-state index in [1.807, 2.05) is 6.92 Å². The third-order valence-electron chi connectivity index (χ3n) is 1.90. The summed E-state index contributed by atoms with van der Waals surface area (Å²) in [5, 5.41) is 3.96. The topological polar surface area (TPSA) is 70.2 Å². The predicted molar refractivity (Wildman–Crippen MR) is 54.3 cm³/mol. The van der Waals surface area contributed by atoms with Crippen LogP contribution in [0.3, 0.4) is 0 Å². The average Bonchev–Trinajstić information content (AvgIpc) is 2.85. The molecule has 0 aromatic carbocycles. The maximum absolute atomic E-state index is 11.4. The van der Waals surface area contributed by atoms with E-state index in [4.69, 9.17) is 9.15 Å². The second kappa shape index (κ2) is 4.18. The monoisotopic (exact) mass is 221 g/mol. The van der Waals surface area contributed by atoms with Gasteiger partial charge in [0.1, 0.15) is 6.26 Å². The first kappa shape index (κ1) is 10.4. The second-order valence-electron chi connectivity index (χ2n) is 3.17. The molecular formula is C10H11N3O3. The van der Waals surface area contributed by atoms with Gasteiger partial charge in [-0.25, -0.2) is 4.79 Å². The lowest BCUT2D eigenvalue weighted by atomic mass is 10.4. The number of nitrogens with zero attached hydrogens (tertiary/aromatic N) is 3. The Hall–Kier alpha value is -2.11. The molecule has 2 aromatic rings. The van der Waals surface area contributed by atoms with Crippen LogP contribution in [0.15, 0.2) is 23.1 Å². The minimum atomic E-state index is -0.406. The molecule has 84 valence electrons. The standard InChI is InChI=1S/C10H11N3O3/c1-3-15-9(14)8-4-11-13(5-8)10-12-7(2)6-16-10/h4-6H,3H2,1-2H3. The lowest BCUT2D eigenvalue weighted by Gasteiger charge is -1.96. The van der Waals surface area contributed by atoms with Crippen LogP contribution in [0, 0.1) is 6.92 Å². The van der Waals surface area contributed by atoms with Crippen LogP contribution in [0.1, 0.15) is 23.0 Å². The van der Waals surface area contributed by atoms with Crippen molar-refractivity contribution in [2.75, 3.05) is 6.61 Å². The number of carbonyl (C=O) groups excluding carboxylic acids is 1. The van der Waals surface area contributed by atoms with Crippen molar-refractivity contribution in [3.8, 4) is 6.01 Å². The summed E-state index contributed by atoms with van der Waals surface area (Å²) in [6.45, 7) is 3.89. The minimum Gasteiger partial charge on any atom is -0.462 e. The quantitative estimate of drug-likeness (QED) is 0.731. The van der Waals surface area contributed by atoms with Crippen LogP contribution in [-0.2, 0) is 4.74 Å². The van der Waals surface area contributed by atoms with E-state index in [-0.39, 0.29) is 0 Å². The molecule has 0 spiro atoms. The van der Waals surface area contributed by atoms with Gasteiger partial charge in [0.15, 0.2) is 0 Å². The van der Waals surface area contributed by atoms with E-state index in [1.54, 1.807) is 6.92 Å². The molecule has 0 bridgehead atoms. The van der Waals surface area contributed by atoms with Gasteiger partial charge in [-0.05, 0) is 13.8 Å². The Labute approximate surface area is 91.8 Å². The number of esters is 1. The number of aryl methyl sites for hydroxylation is 1. The first-order chi connectivity index (χ1) is 7.70. The lowest BCUT2D eigenvalue weighted by Crippen LogP contribution is -2.03. The van der Waals surface area contributed by atoms with E-state index in [0.29, 0.717) is 18.2 Å². The Morgan fingerprint density at radius 1 is 1.62 bits per heavy atom. The number of hydrogen-bond acceptors (Lipinski definition) is 5. The summed E-state index contributed by atoms with van der Waals surface area (Å²) in [6, 6.07) is 0.327. The number of aromatic nitrogens is 3. The van der Waals surface area contributed by atoms with E-state index in [9.17, 15) is 4.79 Å². The van der Waals surface area contributed by atoms with Crippen LogP contribution < -0.4 is 0 Å². The molecule has 2 aromatic heterocycles. The molecule has 0 amide bonds. The zero-order valence-electron chi connectivity index (χ0n) is 9.01. The first-order valence-electron chi connectivity index (χ1n) is 4.85. The molecule has 0 atom stereocenters. The third-order valence-corrected chi connectivity index (χ3v) is 1.90. The lowest BCUT2D eigenvalue weighted by molar-refractivity contribution is 0.0526. The number of hydrogen-bond donors (Lipinski definition) is 0. The van der Waals surface area contributed by atoms with Gasteiger partial charge in [-0.2, -0.15) is 14.8 Å². The van der Waals surface area contributed by atoms with Crippen molar-refractivity contribution in [3.63, 3.8) is 0 Å². The fraction of sp³-hybridized carbons (Fsp3) is 0.300. The van der Waals surface area contributed by atoms with E-state index in [1.165, 1.54) is 23.3 Å². The normalized spacial score (nSPS) is 10.4. The smallest absolute Gasteiger partial charge is 0.341 e.